The van der Waals surface area contributed by atoms with Crippen molar-refractivity contribution < 1.29 is 0 Å². The Morgan fingerprint density at radius 2 is 0.629 bits per heavy atom. The van der Waals surface area contributed by atoms with Gasteiger partial charge in [0.1, 0.15) is 9.66 Å². The molecule has 290 valence electrons. The lowest BCUT2D eigenvalue weighted by Gasteiger charge is -2.16. The topological polar surface area (TPSA) is 51.6 Å². The van der Waals surface area contributed by atoms with Gasteiger partial charge in [-0.25, -0.2) is 19.9 Å². The van der Waals surface area contributed by atoms with Gasteiger partial charge in [-0.3, -0.25) is 0 Å². The van der Waals surface area contributed by atoms with E-state index in [2.05, 4.69) is 194 Å². The number of thiophene rings is 2. The molecular formula is C56H34N4S2. The van der Waals surface area contributed by atoms with Gasteiger partial charge in [0.15, 0.2) is 11.6 Å². The summed E-state index contributed by atoms with van der Waals surface area (Å²) in [6.45, 7) is 0. The second-order valence-corrected chi connectivity index (χ2v) is 17.4. The lowest BCUT2D eigenvalue weighted by molar-refractivity contribution is 1.24. The maximum atomic E-state index is 5.53. The highest BCUT2D eigenvalue weighted by Gasteiger charge is 2.23. The molecule has 0 amide bonds. The highest BCUT2D eigenvalue weighted by molar-refractivity contribution is 7.26. The van der Waals surface area contributed by atoms with Crippen LogP contribution in [0.2, 0.25) is 0 Å². The number of rotatable bonds is 7. The van der Waals surface area contributed by atoms with E-state index in [9.17, 15) is 0 Å². The molecule has 8 aromatic carbocycles. The first-order valence-corrected chi connectivity index (χ1v) is 22.3. The first-order chi connectivity index (χ1) is 30.7. The van der Waals surface area contributed by atoms with E-state index in [0.717, 1.165) is 98.2 Å². The SMILES string of the molecule is c1ccc(-c2cccc(-c3nc(-c4ccccc4-c4ccccc4-c4nc(-c5cccc(-c6ccccc6)c5)nc5sc6ccccc6c45)c4c(n3)sc3ccccc34)c2)cc1. The van der Waals surface area contributed by atoms with Gasteiger partial charge in [0.05, 0.1) is 11.4 Å². The van der Waals surface area contributed by atoms with Crippen LogP contribution >= 0.6 is 22.7 Å². The van der Waals surface area contributed by atoms with Crippen LogP contribution in [0.1, 0.15) is 0 Å². The van der Waals surface area contributed by atoms with Crippen LogP contribution < -0.4 is 0 Å². The van der Waals surface area contributed by atoms with E-state index in [1.165, 1.54) is 9.40 Å². The summed E-state index contributed by atoms with van der Waals surface area (Å²) in [6.07, 6.45) is 0. The standard InChI is InChI=1S/C56H34N4S2/c1-3-17-35(18-4-1)37-21-15-23-39(33-37)53-57-51(49-45-29-11-13-31-47(45)61-55(49)59-53)43-27-9-7-25-41(43)42-26-8-10-28-44(42)52-50-46-30-12-14-32-48(46)62-56(50)60-54(58-52)40-24-16-22-38(34-40)36-19-5-2-6-20-36/h1-34H. The Balaban J connectivity index is 1.08. The zero-order valence-electron chi connectivity index (χ0n) is 33.2. The molecule has 0 aliphatic rings. The molecule has 62 heavy (non-hydrogen) atoms. The van der Waals surface area contributed by atoms with Crippen LogP contribution in [0.5, 0.6) is 0 Å². The van der Waals surface area contributed by atoms with E-state index in [1.54, 1.807) is 22.7 Å². The predicted molar refractivity (Wildman–Crippen MR) is 261 cm³/mol. The van der Waals surface area contributed by atoms with Crippen molar-refractivity contribution in [1.82, 2.24) is 19.9 Å². The van der Waals surface area contributed by atoms with Crippen LogP contribution in [0.3, 0.4) is 0 Å². The van der Waals surface area contributed by atoms with Crippen molar-refractivity contribution in [3.05, 3.63) is 206 Å². The minimum absolute atomic E-state index is 0.699. The summed E-state index contributed by atoms with van der Waals surface area (Å²) in [5.74, 6) is 1.40. The molecule has 0 radical (unpaired) electrons. The number of benzene rings is 8. The summed E-state index contributed by atoms with van der Waals surface area (Å²) < 4.78 is 2.37. The average molecular weight is 827 g/mol. The summed E-state index contributed by atoms with van der Waals surface area (Å²) in [4.78, 5) is 23.5. The molecule has 0 aliphatic heterocycles. The Kier molecular flexibility index (Phi) is 8.84. The smallest absolute Gasteiger partial charge is 0.161 e. The van der Waals surface area contributed by atoms with Crippen molar-refractivity contribution in [3.63, 3.8) is 0 Å². The third-order valence-corrected chi connectivity index (χ3v) is 13.7. The van der Waals surface area contributed by atoms with Gasteiger partial charge in [-0.15, -0.1) is 22.7 Å². The molecule has 0 fully saturated rings. The zero-order chi connectivity index (χ0) is 41.0. The molecule has 4 heterocycles. The van der Waals surface area contributed by atoms with Crippen molar-refractivity contribution >= 4 is 63.3 Å². The highest BCUT2D eigenvalue weighted by atomic mass is 32.1. The zero-order valence-corrected chi connectivity index (χ0v) is 34.9. The van der Waals surface area contributed by atoms with Crippen LogP contribution in [0, 0.1) is 0 Å². The monoisotopic (exact) mass is 826 g/mol. The first-order valence-electron chi connectivity index (χ1n) is 20.6. The molecule has 12 rings (SSSR count). The Morgan fingerprint density at radius 3 is 1.08 bits per heavy atom. The molecule has 4 aromatic heterocycles. The molecule has 6 heteroatoms. The lowest BCUT2D eigenvalue weighted by atomic mass is 9.90. The third kappa shape index (κ3) is 6.28. The fourth-order valence-electron chi connectivity index (χ4n) is 8.68. The van der Waals surface area contributed by atoms with Gasteiger partial charge in [-0.2, -0.15) is 0 Å². The Hall–Kier alpha value is -7.64. The molecule has 0 saturated carbocycles. The second kappa shape index (κ2) is 15.1. The molecule has 4 nitrogen and oxygen atoms in total. The Morgan fingerprint density at radius 1 is 0.274 bits per heavy atom. The Bertz CT molecular complexity index is 3410. The van der Waals surface area contributed by atoms with E-state index < -0.39 is 0 Å². The largest absolute Gasteiger partial charge is 0.227 e. The molecular weight excluding hydrogens is 793 g/mol. The van der Waals surface area contributed by atoms with Gasteiger partial charge in [0.25, 0.3) is 0 Å². The second-order valence-electron chi connectivity index (χ2n) is 15.3. The Labute approximate surface area is 366 Å². The fourth-order valence-corrected chi connectivity index (χ4v) is 10.8. The summed E-state index contributed by atoms with van der Waals surface area (Å²) in [5.41, 5.74) is 12.5. The molecule has 12 aromatic rings. The minimum Gasteiger partial charge on any atom is -0.227 e. The normalized spacial score (nSPS) is 11.5. The maximum Gasteiger partial charge on any atom is 0.161 e. The van der Waals surface area contributed by atoms with Crippen molar-refractivity contribution in [2.24, 2.45) is 0 Å². The molecule has 0 spiro atoms. The van der Waals surface area contributed by atoms with E-state index >= 15 is 0 Å². The molecule has 0 atom stereocenters. The van der Waals surface area contributed by atoms with E-state index in [-0.39, 0.29) is 0 Å². The van der Waals surface area contributed by atoms with Gasteiger partial charge in [0, 0.05) is 53.2 Å². The number of nitrogens with zero attached hydrogens (tertiary/aromatic N) is 4. The predicted octanol–water partition coefficient (Wildman–Crippen LogP) is 15.7. The van der Waals surface area contributed by atoms with Crippen LogP contribution in [-0.4, -0.2) is 19.9 Å². The van der Waals surface area contributed by atoms with Crippen LogP contribution in [0.25, 0.3) is 119 Å². The summed E-state index contributed by atoms with van der Waals surface area (Å²) >= 11 is 3.43. The molecule has 0 aliphatic carbocycles. The van der Waals surface area contributed by atoms with E-state index in [4.69, 9.17) is 19.9 Å². The van der Waals surface area contributed by atoms with Gasteiger partial charge < -0.3 is 0 Å². The quantitative estimate of drug-likeness (QED) is 0.161. The third-order valence-electron chi connectivity index (χ3n) is 11.6. The first kappa shape index (κ1) is 36.2. The number of fused-ring (bicyclic) bond motifs is 6. The number of hydrogen-bond donors (Lipinski definition) is 0. The summed E-state index contributed by atoms with van der Waals surface area (Å²) in [5, 5.41) is 4.43. The van der Waals surface area contributed by atoms with Crippen LogP contribution in [0.4, 0.5) is 0 Å². The molecule has 0 N–H and O–H groups in total. The van der Waals surface area contributed by atoms with E-state index in [1.807, 2.05) is 12.1 Å². The van der Waals surface area contributed by atoms with Gasteiger partial charge in [-0.05, 0) is 57.6 Å². The molecule has 0 bridgehead atoms. The summed E-state index contributed by atoms with van der Waals surface area (Å²) in [6, 6.07) is 72.6. The van der Waals surface area contributed by atoms with Crippen LogP contribution in [-0.2, 0) is 0 Å². The van der Waals surface area contributed by atoms with E-state index in [0.29, 0.717) is 11.6 Å². The van der Waals surface area contributed by atoms with Crippen molar-refractivity contribution in [1.29, 1.82) is 0 Å². The average Bonchev–Trinajstić information content (AvgIpc) is 3.93. The number of hydrogen-bond acceptors (Lipinski definition) is 6. The van der Waals surface area contributed by atoms with Gasteiger partial charge in [0.2, 0.25) is 0 Å². The highest BCUT2D eigenvalue weighted by Crippen LogP contribution is 2.46. The van der Waals surface area contributed by atoms with Gasteiger partial charge >= 0.3 is 0 Å². The fraction of sp³-hybridized carbons (Fsp3) is 0. The maximum absolute atomic E-state index is 5.53. The van der Waals surface area contributed by atoms with Crippen LogP contribution in [0.15, 0.2) is 206 Å². The molecule has 0 saturated heterocycles. The van der Waals surface area contributed by atoms with Crippen molar-refractivity contribution in [2.75, 3.05) is 0 Å². The van der Waals surface area contributed by atoms with Crippen molar-refractivity contribution in [3.8, 4) is 78.7 Å². The number of aromatic nitrogens is 4. The van der Waals surface area contributed by atoms with Gasteiger partial charge in [-0.1, -0.05) is 182 Å². The molecule has 0 unspecified atom stereocenters. The van der Waals surface area contributed by atoms with Crippen molar-refractivity contribution in [2.45, 2.75) is 0 Å². The summed E-state index contributed by atoms with van der Waals surface area (Å²) in [7, 11) is 0. The minimum atomic E-state index is 0.699. The lowest BCUT2D eigenvalue weighted by Crippen LogP contribution is -1.98.